The number of imide groups is 1. The van der Waals surface area contributed by atoms with Gasteiger partial charge in [-0.3, -0.25) is 9.59 Å². The number of rotatable bonds is 4. The van der Waals surface area contributed by atoms with E-state index in [0.29, 0.717) is 27.6 Å². The molecule has 0 unspecified atom stereocenters. The summed E-state index contributed by atoms with van der Waals surface area (Å²) < 4.78 is 39.1. The Bertz CT molecular complexity index is 1370. The van der Waals surface area contributed by atoms with Gasteiger partial charge in [-0.25, -0.2) is 13.7 Å². The summed E-state index contributed by atoms with van der Waals surface area (Å²) in [5.41, 5.74) is 2.30. The molecule has 166 valence electrons. The second kappa shape index (κ2) is 7.74. The standard InChI is InChI=1S/C25H18F2N2O4/c1-13-3-6-17(14(2)9-13)22-23(28-16-5-8-20-21(11-16)33-12-32-20)25(31)29(24(22)30)19-10-15(26)4-7-18(19)27/h3-11,28H,12H2,1-2H3. The maximum absolute atomic E-state index is 14.6. The summed E-state index contributed by atoms with van der Waals surface area (Å²) in [6, 6.07) is 13.0. The van der Waals surface area contributed by atoms with Crippen LogP contribution in [-0.4, -0.2) is 18.6 Å². The fourth-order valence-electron chi connectivity index (χ4n) is 3.98. The van der Waals surface area contributed by atoms with Crippen molar-refractivity contribution < 1.29 is 27.8 Å². The van der Waals surface area contributed by atoms with Gasteiger partial charge in [-0.05, 0) is 49.2 Å². The molecule has 0 spiro atoms. The number of benzene rings is 3. The molecule has 0 saturated heterocycles. The van der Waals surface area contributed by atoms with Gasteiger partial charge in [-0.15, -0.1) is 0 Å². The monoisotopic (exact) mass is 448 g/mol. The molecule has 0 aliphatic carbocycles. The minimum Gasteiger partial charge on any atom is -0.454 e. The van der Waals surface area contributed by atoms with Crippen molar-refractivity contribution in [1.82, 2.24) is 0 Å². The summed E-state index contributed by atoms with van der Waals surface area (Å²) in [6.45, 7) is 3.81. The van der Waals surface area contributed by atoms with Crippen LogP contribution in [-0.2, 0) is 9.59 Å². The lowest BCUT2D eigenvalue weighted by molar-refractivity contribution is -0.120. The van der Waals surface area contributed by atoms with Gasteiger partial charge in [-0.2, -0.15) is 0 Å². The molecule has 8 heteroatoms. The molecule has 0 aromatic heterocycles. The molecule has 2 aliphatic rings. The van der Waals surface area contributed by atoms with E-state index in [-0.39, 0.29) is 18.1 Å². The molecule has 1 N–H and O–H groups in total. The first-order chi connectivity index (χ1) is 15.8. The van der Waals surface area contributed by atoms with Gasteiger partial charge in [0, 0.05) is 17.8 Å². The van der Waals surface area contributed by atoms with Crippen molar-refractivity contribution >= 4 is 28.8 Å². The highest BCUT2D eigenvalue weighted by Crippen LogP contribution is 2.38. The number of hydrogen-bond donors (Lipinski definition) is 1. The maximum atomic E-state index is 14.6. The van der Waals surface area contributed by atoms with Crippen LogP contribution in [0.3, 0.4) is 0 Å². The Kier molecular flexibility index (Phi) is 4.85. The molecular formula is C25H18F2N2O4. The summed E-state index contributed by atoms with van der Waals surface area (Å²) in [6.07, 6.45) is 0. The van der Waals surface area contributed by atoms with E-state index in [1.807, 2.05) is 26.0 Å². The van der Waals surface area contributed by atoms with Crippen LogP contribution in [0.25, 0.3) is 5.57 Å². The Balaban J connectivity index is 1.65. The summed E-state index contributed by atoms with van der Waals surface area (Å²) >= 11 is 0. The minimum absolute atomic E-state index is 0.0468. The van der Waals surface area contributed by atoms with Gasteiger partial charge in [0.25, 0.3) is 11.8 Å². The second-order valence-corrected chi connectivity index (χ2v) is 7.80. The molecular weight excluding hydrogens is 430 g/mol. The van der Waals surface area contributed by atoms with E-state index in [4.69, 9.17) is 9.47 Å². The van der Waals surface area contributed by atoms with E-state index >= 15 is 0 Å². The number of aryl methyl sites for hydroxylation is 2. The quantitative estimate of drug-likeness (QED) is 0.586. The average Bonchev–Trinajstić information content (AvgIpc) is 3.33. The lowest BCUT2D eigenvalue weighted by Gasteiger charge is -2.16. The molecule has 0 radical (unpaired) electrons. The Labute approximate surface area is 188 Å². The third-order valence-electron chi connectivity index (χ3n) is 5.53. The number of carbonyl (C=O) groups excluding carboxylic acids is 2. The molecule has 2 heterocycles. The van der Waals surface area contributed by atoms with Gasteiger partial charge in [0.05, 0.1) is 11.3 Å². The van der Waals surface area contributed by atoms with Gasteiger partial charge in [0.1, 0.15) is 17.3 Å². The largest absolute Gasteiger partial charge is 0.454 e. The van der Waals surface area contributed by atoms with Gasteiger partial charge < -0.3 is 14.8 Å². The smallest absolute Gasteiger partial charge is 0.282 e. The molecule has 0 fully saturated rings. The predicted octanol–water partition coefficient (Wildman–Crippen LogP) is 4.71. The third-order valence-corrected chi connectivity index (χ3v) is 5.53. The molecule has 0 bridgehead atoms. The van der Waals surface area contributed by atoms with E-state index in [0.717, 1.165) is 29.3 Å². The highest BCUT2D eigenvalue weighted by molar-refractivity contribution is 6.46. The molecule has 0 saturated carbocycles. The van der Waals surface area contributed by atoms with Crippen molar-refractivity contribution in [2.45, 2.75) is 13.8 Å². The average molecular weight is 448 g/mol. The third kappa shape index (κ3) is 3.49. The van der Waals surface area contributed by atoms with Gasteiger partial charge in [0.15, 0.2) is 11.5 Å². The number of nitrogens with one attached hydrogen (secondary N) is 1. The molecule has 3 aromatic carbocycles. The zero-order valence-electron chi connectivity index (χ0n) is 17.7. The number of ether oxygens (including phenoxy) is 2. The summed E-state index contributed by atoms with van der Waals surface area (Å²) in [7, 11) is 0. The highest BCUT2D eigenvalue weighted by Gasteiger charge is 2.42. The first kappa shape index (κ1) is 20.7. The highest BCUT2D eigenvalue weighted by atomic mass is 19.1. The molecule has 3 aromatic rings. The van der Waals surface area contributed by atoms with Crippen molar-refractivity contribution in [1.29, 1.82) is 0 Å². The van der Waals surface area contributed by atoms with E-state index in [9.17, 15) is 18.4 Å². The lowest BCUT2D eigenvalue weighted by Crippen LogP contribution is -2.33. The van der Waals surface area contributed by atoms with Gasteiger partial charge in [0.2, 0.25) is 6.79 Å². The van der Waals surface area contributed by atoms with Crippen LogP contribution in [0.1, 0.15) is 16.7 Å². The van der Waals surface area contributed by atoms with Crippen molar-refractivity contribution in [3.63, 3.8) is 0 Å². The minimum atomic E-state index is -0.887. The second-order valence-electron chi connectivity index (χ2n) is 7.80. The normalized spacial score (nSPS) is 15.0. The van der Waals surface area contributed by atoms with Crippen molar-refractivity contribution in [3.05, 3.63) is 88.6 Å². The number of halogens is 2. The molecule has 33 heavy (non-hydrogen) atoms. The maximum Gasteiger partial charge on any atom is 0.282 e. The van der Waals surface area contributed by atoms with Crippen LogP contribution >= 0.6 is 0 Å². The molecule has 2 aliphatic heterocycles. The molecule has 5 rings (SSSR count). The zero-order valence-corrected chi connectivity index (χ0v) is 17.7. The number of nitrogens with zero attached hydrogens (tertiary/aromatic N) is 1. The first-order valence-corrected chi connectivity index (χ1v) is 10.2. The van der Waals surface area contributed by atoms with Crippen LogP contribution < -0.4 is 19.7 Å². The van der Waals surface area contributed by atoms with Crippen molar-refractivity contribution in [2.75, 3.05) is 17.0 Å². The van der Waals surface area contributed by atoms with E-state index in [1.54, 1.807) is 24.3 Å². The molecule has 6 nitrogen and oxygen atoms in total. The fourth-order valence-corrected chi connectivity index (χ4v) is 3.98. The van der Waals surface area contributed by atoms with E-state index in [2.05, 4.69) is 5.32 Å². The Hall–Kier alpha value is -4.20. The van der Waals surface area contributed by atoms with E-state index < -0.39 is 29.1 Å². The Morgan fingerprint density at radius 3 is 2.45 bits per heavy atom. The summed E-state index contributed by atoms with van der Waals surface area (Å²) in [5, 5.41) is 2.99. The van der Waals surface area contributed by atoms with Crippen LogP contribution in [0, 0.1) is 25.5 Å². The first-order valence-electron chi connectivity index (χ1n) is 10.2. The van der Waals surface area contributed by atoms with Crippen LogP contribution in [0.2, 0.25) is 0 Å². The fraction of sp³-hybridized carbons (Fsp3) is 0.120. The Morgan fingerprint density at radius 2 is 1.67 bits per heavy atom. The van der Waals surface area contributed by atoms with Gasteiger partial charge >= 0.3 is 0 Å². The number of carbonyl (C=O) groups is 2. The zero-order chi connectivity index (χ0) is 23.3. The lowest BCUT2D eigenvalue weighted by atomic mass is 9.97. The van der Waals surface area contributed by atoms with E-state index in [1.165, 1.54) is 0 Å². The number of fused-ring (bicyclic) bond motifs is 1. The number of anilines is 2. The predicted molar refractivity (Wildman–Crippen MR) is 118 cm³/mol. The van der Waals surface area contributed by atoms with Crippen molar-refractivity contribution in [3.8, 4) is 11.5 Å². The number of hydrogen-bond acceptors (Lipinski definition) is 5. The topological polar surface area (TPSA) is 67.9 Å². The molecule has 2 amide bonds. The SMILES string of the molecule is Cc1ccc(C2=C(Nc3ccc4c(c3)OCO4)C(=O)N(c3cc(F)ccc3F)C2=O)c(C)c1. The summed E-state index contributed by atoms with van der Waals surface area (Å²) in [4.78, 5) is 27.6. The summed E-state index contributed by atoms with van der Waals surface area (Å²) in [5.74, 6) is -2.16. The number of amides is 2. The Morgan fingerprint density at radius 1 is 0.879 bits per heavy atom. The van der Waals surface area contributed by atoms with Gasteiger partial charge in [-0.1, -0.05) is 23.8 Å². The van der Waals surface area contributed by atoms with Crippen LogP contribution in [0.5, 0.6) is 11.5 Å². The van der Waals surface area contributed by atoms with Crippen LogP contribution in [0.15, 0.2) is 60.3 Å². The van der Waals surface area contributed by atoms with Crippen molar-refractivity contribution in [2.24, 2.45) is 0 Å². The molecule has 0 atom stereocenters. The van der Waals surface area contributed by atoms with Crippen LogP contribution in [0.4, 0.5) is 20.2 Å².